The van der Waals surface area contributed by atoms with Gasteiger partial charge in [-0.1, -0.05) is 26.2 Å². The molecule has 0 aromatic carbocycles. The maximum atomic E-state index is 11.5. The summed E-state index contributed by atoms with van der Waals surface area (Å²) in [5.74, 6) is 0. The second-order valence-corrected chi connectivity index (χ2v) is 5.98. The number of unbranched alkanes of at least 4 members (excludes halogenated alkanes) is 3. The van der Waals surface area contributed by atoms with Gasteiger partial charge in [-0.25, -0.2) is 4.79 Å². The molecular formula is C16H33N3O. The summed E-state index contributed by atoms with van der Waals surface area (Å²) in [5, 5.41) is 5.84. The number of amides is 2. The topological polar surface area (TPSA) is 44.4 Å². The minimum Gasteiger partial charge on any atom is -0.338 e. The Morgan fingerprint density at radius 3 is 2.45 bits per heavy atom. The summed E-state index contributed by atoms with van der Waals surface area (Å²) in [7, 11) is 0. The Labute approximate surface area is 124 Å². The second kappa shape index (κ2) is 11.0. The maximum absolute atomic E-state index is 11.5. The van der Waals surface area contributed by atoms with Crippen molar-refractivity contribution in [3.05, 3.63) is 0 Å². The molecule has 1 fully saturated rings. The SMILES string of the molecule is CCCCCNC(=O)NCCCCN1CCCCC1C. The molecule has 2 N–H and O–H groups in total. The molecule has 4 nitrogen and oxygen atoms in total. The number of piperidine rings is 1. The lowest BCUT2D eigenvalue weighted by Gasteiger charge is -2.33. The molecule has 0 bridgehead atoms. The minimum atomic E-state index is -0.00700. The van der Waals surface area contributed by atoms with E-state index in [2.05, 4.69) is 29.4 Å². The summed E-state index contributed by atoms with van der Waals surface area (Å²) >= 11 is 0. The normalized spacial score (nSPS) is 19.8. The first-order chi connectivity index (χ1) is 9.74. The van der Waals surface area contributed by atoms with Crippen molar-refractivity contribution in [1.29, 1.82) is 0 Å². The molecule has 0 aromatic rings. The smallest absolute Gasteiger partial charge is 0.314 e. The number of nitrogens with zero attached hydrogens (tertiary/aromatic N) is 1. The van der Waals surface area contributed by atoms with Gasteiger partial charge in [-0.15, -0.1) is 0 Å². The van der Waals surface area contributed by atoms with Crippen LogP contribution < -0.4 is 10.6 Å². The van der Waals surface area contributed by atoms with Gasteiger partial charge in [0, 0.05) is 19.1 Å². The Morgan fingerprint density at radius 1 is 1.10 bits per heavy atom. The Balaban J connectivity index is 1.92. The van der Waals surface area contributed by atoms with Gasteiger partial charge < -0.3 is 15.5 Å². The van der Waals surface area contributed by atoms with E-state index >= 15 is 0 Å². The molecule has 0 aliphatic carbocycles. The van der Waals surface area contributed by atoms with Gasteiger partial charge >= 0.3 is 6.03 Å². The standard InChI is InChI=1S/C16H33N3O/c1-3-4-6-11-17-16(20)18-12-7-9-14-19-13-8-5-10-15(19)2/h15H,3-14H2,1-2H3,(H2,17,18,20). The van der Waals surface area contributed by atoms with E-state index in [1.807, 2.05) is 0 Å². The van der Waals surface area contributed by atoms with E-state index in [-0.39, 0.29) is 6.03 Å². The van der Waals surface area contributed by atoms with Gasteiger partial charge in [0.25, 0.3) is 0 Å². The van der Waals surface area contributed by atoms with Crippen LogP contribution in [-0.4, -0.2) is 43.2 Å². The number of carbonyl (C=O) groups excluding carboxylic acids is 1. The number of nitrogens with one attached hydrogen (secondary N) is 2. The molecular weight excluding hydrogens is 250 g/mol. The molecule has 0 radical (unpaired) electrons. The molecule has 1 aliphatic rings. The molecule has 1 atom stereocenters. The van der Waals surface area contributed by atoms with Gasteiger partial charge in [0.1, 0.15) is 0 Å². The van der Waals surface area contributed by atoms with E-state index in [9.17, 15) is 4.79 Å². The third kappa shape index (κ3) is 7.73. The van der Waals surface area contributed by atoms with E-state index in [0.717, 1.165) is 32.0 Å². The lowest BCUT2D eigenvalue weighted by molar-refractivity contribution is 0.158. The molecule has 0 aromatic heterocycles. The fraction of sp³-hybridized carbons (Fsp3) is 0.938. The summed E-state index contributed by atoms with van der Waals surface area (Å²) in [5.41, 5.74) is 0. The van der Waals surface area contributed by atoms with E-state index in [1.165, 1.54) is 51.6 Å². The van der Waals surface area contributed by atoms with Crippen LogP contribution in [0.1, 0.15) is 65.2 Å². The lowest BCUT2D eigenvalue weighted by atomic mass is 10.0. The van der Waals surface area contributed by atoms with Crippen LogP contribution in [0, 0.1) is 0 Å². The Bertz CT molecular complexity index is 258. The van der Waals surface area contributed by atoms with Crippen LogP contribution >= 0.6 is 0 Å². The Hall–Kier alpha value is -0.770. The number of carbonyl (C=O) groups is 1. The van der Waals surface area contributed by atoms with Crippen molar-refractivity contribution in [3.63, 3.8) is 0 Å². The van der Waals surface area contributed by atoms with E-state index in [1.54, 1.807) is 0 Å². The van der Waals surface area contributed by atoms with E-state index in [0.29, 0.717) is 0 Å². The number of hydrogen-bond acceptors (Lipinski definition) is 2. The molecule has 20 heavy (non-hydrogen) atoms. The van der Waals surface area contributed by atoms with Gasteiger partial charge in [0.2, 0.25) is 0 Å². The monoisotopic (exact) mass is 283 g/mol. The van der Waals surface area contributed by atoms with Crippen LogP contribution in [0.2, 0.25) is 0 Å². The predicted molar refractivity (Wildman–Crippen MR) is 85.0 cm³/mol. The van der Waals surface area contributed by atoms with Crippen LogP contribution in [0.25, 0.3) is 0 Å². The van der Waals surface area contributed by atoms with Crippen LogP contribution in [0.15, 0.2) is 0 Å². The van der Waals surface area contributed by atoms with E-state index < -0.39 is 0 Å². The Kier molecular flexibility index (Phi) is 9.46. The fourth-order valence-corrected chi connectivity index (χ4v) is 2.77. The van der Waals surface area contributed by atoms with Gasteiger partial charge in [-0.3, -0.25) is 0 Å². The molecule has 118 valence electrons. The van der Waals surface area contributed by atoms with Crippen LogP contribution in [0.3, 0.4) is 0 Å². The molecule has 1 unspecified atom stereocenters. The molecule has 1 rings (SSSR count). The van der Waals surface area contributed by atoms with Crippen LogP contribution in [0.4, 0.5) is 4.79 Å². The zero-order valence-corrected chi connectivity index (χ0v) is 13.4. The highest BCUT2D eigenvalue weighted by Crippen LogP contribution is 2.16. The number of likely N-dealkylation sites (tertiary alicyclic amines) is 1. The van der Waals surface area contributed by atoms with Gasteiger partial charge in [-0.2, -0.15) is 0 Å². The molecule has 4 heteroatoms. The molecule has 0 spiro atoms. The van der Waals surface area contributed by atoms with E-state index in [4.69, 9.17) is 0 Å². The third-order valence-electron chi connectivity index (χ3n) is 4.16. The van der Waals surface area contributed by atoms with Gasteiger partial charge in [0.05, 0.1) is 0 Å². The summed E-state index contributed by atoms with van der Waals surface area (Å²) in [6.45, 7) is 8.53. The molecule has 1 aliphatic heterocycles. The first kappa shape index (κ1) is 17.3. The van der Waals surface area contributed by atoms with Crippen molar-refractivity contribution in [2.24, 2.45) is 0 Å². The molecule has 0 saturated carbocycles. The van der Waals surface area contributed by atoms with Crippen molar-refractivity contribution in [2.45, 2.75) is 71.3 Å². The lowest BCUT2D eigenvalue weighted by Crippen LogP contribution is -2.39. The average molecular weight is 283 g/mol. The first-order valence-corrected chi connectivity index (χ1v) is 8.49. The second-order valence-electron chi connectivity index (χ2n) is 5.98. The summed E-state index contributed by atoms with van der Waals surface area (Å²) in [6.07, 6.45) is 9.80. The number of hydrogen-bond donors (Lipinski definition) is 2. The highest BCUT2D eigenvalue weighted by Gasteiger charge is 2.16. The van der Waals surface area contributed by atoms with Crippen molar-refractivity contribution in [3.8, 4) is 0 Å². The van der Waals surface area contributed by atoms with Crippen molar-refractivity contribution < 1.29 is 4.79 Å². The number of rotatable bonds is 9. The largest absolute Gasteiger partial charge is 0.338 e. The summed E-state index contributed by atoms with van der Waals surface area (Å²) in [4.78, 5) is 14.1. The van der Waals surface area contributed by atoms with Crippen LogP contribution in [-0.2, 0) is 0 Å². The van der Waals surface area contributed by atoms with Gasteiger partial charge in [-0.05, 0) is 52.1 Å². The fourth-order valence-electron chi connectivity index (χ4n) is 2.77. The summed E-state index contributed by atoms with van der Waals surface area (Å²) < 4.78 is 0. The highest BCUT2D eigenvalue weighted by molar-refractivity contribution is 5.73. The van der Waals surface area contributed by atoms with Crippen molar-refractivity contribution in [1.82, 2.24) is 15.5 Å². The molecule has 2 amide bonds. The predicted octanol–water partition coefficient (Wildman–Crippen LogP) is 3.13. The first-order valence-electron chi connectivity index (χ1n) is 8.49. The van der Waals surface area contributed by atoms with Crippen molar-refractivity contribution >= 4 is 6.03 Å². The highest BCUT2D eigenvalue weighted by atomic mass is 16.2. The van der Waals surface area contributed by atoms with Gasteiger partial charge in [0.15, 0.2) is 0 Å². The zero-order chi connectivity index (χ0) is 14.6. The number of urea groups is 1. The maximum Gasteiger partial charge on any atom is 0.314 e. The summed E-state index contributed by atoms with van der Waals surface area (Å²) in [6, 6.07) is 0.742. The van der Waals surface area contributed by atoms with Crippen molar-refractivity contribution in [2.75, 3.05) is 26.2 Å². The minimum absolute atomic E-state index is 0.00700. The quantitative estimate of drug-likeness (QED) is 0.639. The van der Waals surface area contributed by atoms with Crippen LogP contribution in [0.5, 0.6) is 0 Å². The average Bonchev–Trinajstić information content (AvgIpc) is 2.45. The zero-order valence-electron chi connectivity index (χ0n) is 13.4. The molecule has 1 saturated heterocycles. The Morgan fingerprint density at radius 2 is 1.80 bits per heavy atom. The third-order valence-corrected chi connectivity index (χ3v) is 4.16. The molecule has 1 heterocycles.